The minimum atomic E-state index is 1.08. The van der Waals surface area contributed by atoms with Crippen LogP contribution in [0.3, 0.4) is 0 Å². The van der Waals surface area contributed by atoms with E-state index in [1.807, 2.05) is 12.4 Å². The first-order valence-electron chi connectivity index (χ1n) is 5.39. The average molecular weight is 200 g/mol. The molecule has 2 aromatic rings. The number of rotatable bonds is 3. The second-order valence-electron chi connectivity index (χ2n) is 3.75. The lowest BCUT2D eigenvalue weighted by molar-refractivity contribution is 0.672. The first-order chi connectivity index (χ1) is 7.33. The number of pyridine rings is 1. The fourth-order valence-corrected chi connectivity index (χ4v) is 1.86. The van der Waals surface area contributed by atoms with Crippen molar-refractivity contribution in [2.24, 2.45) is 0 Å². The maximum atomic E-state index is 4.04. The van der Waals surface area contributed by atoms with E-state index in [0.29, 0.717) is 0 Å². The van der Waals surface area contributed by atoms with Crippen LogP contribution in [0.4, 0.5) is 0 Å². The van der Waals surface area contributed by atoms with Gasteiger partial charge in [-0.25, -0.2) is 0 Å². The van der Waals surface area contributed by atoms with Crippen LogP contribution in [-0.4, -0.2) is 9.55 Å². The molecular weight excluding hydrogens is 184 g/mol. The Balaban J connectivity index is 2.44. The van der Waals surface area contributed by atoms with Crippen molar-refractivity contribution >= 4 is 0 Å². The summed E-state index contributed by atoms with van der Waals surface area (Å²) in [7, 11) is 0. The Bertz CT molecular complexity index is 429. The van der Waals surface area contributed by atoms with Gasteiger partial charge in [0.2, 0.25) is 0 Å². The predicted octanol–water partition coefficient (Wildman–Crippen LogP) is 3.27. The molecule has 0 bridgehead atoms. The van der Waals surface area contributed by atoms with Crippen molar-refractivity contribution in [2.75, 3.05) is 0 Å². The summed E-state index contributed by atoms with van der Waals surface area (Å²) in [6.45, 7) is 5.44. The summed E-state index contributed by atoms with van der Waals surface area (Å²) in [4.78, 5) is 4.04. The molecule has 15 heavy (non-hydrogen) atoms. The zero-order valence-electron chi connectivity index (χ0n) is 9.27. The molecule has 0 fully saturated rings. The maximum absolute atomic E-state index is 4.04. The van der Waals surface area contributed by atoms with Crippen molar-refractivity contribution < 1.29 is 0 Å². The molecule has 0 aliphatic carbocycles. The predicted molar refractivity (Wildman–Crippen MR) is 62.7 cm³/mol. The third-order valence-electron chi connectivity index (χ3n) is 2.62. The number of nitrogens with zero attached hydrogens (tertiary/aromatic N) is 2. The fraction of sp³-hybridized carbons (Fsp3) is 0.308. The van der Waals surface area contributed by atoms with Gasteiger partial charge in [0.05, 0.1) is 0 Å². The minimum Gasteiger partial charge on any atom is -0.345 e. The Morgan fingerprint density at radius 3 is 2.53 bits per heavy atom. The van der Waals surface area contributed by atoms with Gasteiger partial charge in [0.25, 0.3) is 0 Å². The van der Waals surface area contributed by atoms with Crippen molar-refractivity contribution in [2.45, 2.75) is 26.8 Å². The van der Waals surface area contributed by atoms with E-state index in [1.165, 1.54) is 17.0 Å². The molecule has 2 heteroatoms. The first-order valence-corrected chi connectivity index (χ1v) is 5.39. The summed E-state index contributed by atoms with van der Waals surface area (Å²) in [6, 6.07) is 8.47. The third-order valence-corrected chi connectivity index (χ3v) is 2.62. The highest BCUT2D eigenvalue weighted by atomic mass is 15.0. The largest absolute Gasteiger partial charge is 0.345 e. The van der Waals surface area contributed by atoms with Crippen LogP contribution in [-0.2, 0) is 6.54 Å². The van der Waals surface area contributed by atoms with E-state index >= 15 is 0 Å². The van der Waals surface area contributed by atoms with Gasteiger partial charge < -0.3 is 4.57 Å². The summed E-state index contributed by atoms with van der Waals surface area (Å²) in [6.07, 6.45) is 4.84. The van der Waals surface area contributed by atoms with Crippen molar-refractivity contribution in [3.8, 4) is 11.3 Å². The van der Waals surface area contributed by atoms with Gasteiger partial charge in [0, 0.05) is 35.9 Å². The Kier molecular flexibility index (Phi) is 2.86. The van der Waals surface area contributed by atoms with E-state index in [1.54, 1.807) is 0 Å². The minimum absolute atomic E-state index is 1.08. The second-order valence-corrected chi connectivity index (χ2v) is 3.75. The van der Waals surface area contributed by atoms with Gasteiger partial charge in [-0.15, -0.1) is 0 Å². The van der Waals surface area contributed by atoms with E-state index < -0.39 is 0 Å². The average Bonchev–Trinajstić information content (AvgIpc) is 2.63. The quantitative estimate of drug-likeness (QED) is 0.743. The van der Waals surface area contributed by atoms with Crippen molar-refractivity contribution in [1.29, 1.82) is 0 Å². The summed E-state index contributed by atoms with van der Waals surface area (Å²) >= 11 is 0. The Morgan fingerprint density at radius 2 is 1.87 bits per heavy atom. The maximum Gasteiger partial charge on any atom is 0.0483 e. The lowest BCUT2D eigenvalue weighted by Gasteiger charge is -2.10. The molecule has 0 radical (unpaired) electrons. The molecule has 0 atom stereocenters. The van der Waals surface area contributed by atoms with Crippen molar-refractivity contribution in [3.63, 3.8) is 0 Å². The SMILES string of the molecule is CCCn1c(C)ccc1-c1ccncc1. The number of hydrogen-bond acceptors (Lipinski definition) is 1. The van der Waals surface area contributed by atoms with E-state index in [0.717, 1.165) is 13.0 Å². The first kappa shape index (κ1) is 9.97. The standard InChI is InChI=1S/C13H16N2/c1-3-10-15-11(2)4-5-13(15)12-6-8-14-9-7-12/h4-9H,3,10H2,1-2H3. The zero-order chi connectivity index (χ0) is 10.7. The highest BCUT2D eigenvalue weighted by Gasteiger charge is 2.05. The normalized spacial score (nSPS) is 10.5. The molecule has 0 amide bonds. The summed E-state index contributed by atoms with van der Waals surface area (Å²) in [5.74, 6) is 0. The van der Waals surface area contributed by atoms with Crippen LogP contribution in [0.5, 0.6) is 0 Å². The van der Waals surface area contributed by atoms with Crippen LogP contribution >= 0.6 is 0 Å². The highest BCUT2D eigenvalue weighted by Crippen LogP contribution is 2.21. The lowest BCUT2D eigenvalue weighted by Crippen LogP contribution is -2.00. The van der Waals surface area contributed by atoms with E-state index in [-0.39, 0.29) is 0 Å². The topological polar surface area (TPSA) is 17.8 Å². The molecule has 0 aliphatic rings. The molecule has 0 spiro atoms. The van der Waals surface area contributed by atoms with Gasteiger partial charge in [-0.3, -0.25) is 4.98 Å². The molecule has 0 saturated heterocycles. The molecule has 2 nitrogen and oxygen atoms in total. The van der Waals surface area contributed by atoms with Gasteiger partial charge in [-0.1, -0.05) is 6.92 Å². The van der Waals surface area contributed by atoms with Crippen LogP contribution in [0, 0.1) is 6.92 Å². The zero-order valence-corrected chi connectivity index (χ0v) is 9.27. The van der Waals surface area contributed by atoms with Crippen molar-refractivity contribution in [1.82, 2.24) is 9.55 Å². The van der Waals surface area contributed by atoms with E-state index in [2.05, 4.69) is 47.7 Å². The third kappa shape index (κ3) is 1.94. The molecule has 2 aromatic heterocycles. The molecule has 78 valence electrons. The van der Waals surface area contributed by atoms with Crippen LogP contribution in [0.2, 0.25) is 0 Å². The van der Waals surface area contributed by atoms with Crippen molar-refractivity contribution in [3.05, 3.63) is 42.4 Å². The number of hydrogen-bond donors (Lipinski definition) is 0. The van der Waals surface area contributed by atoms with Gasteiger partial charge in [-0.2, -0.15) is 0 Å². The van der Waals surface area contributed by atoms with Crippen LogP contribution in [0.25, 0.3) is 11.3 Å². The van der Waals surface area contributed by atoms with Crippen LogP contribution in [0.1, 0.15) is 19.0 Å². The summed E-state index contributed by atoms with van der Waals surface area (Å²) < 4.78 is 2.36. The van der Waals surface area contributed by atoms with Gasteiger partial charge in [0.1, 0.15) is 0 Å². The summed E-state index contributed by atoms with van der Waals surface area (Å²) in [5, 5.41) is 0. The van der Waals surface area contributed by atoms with Gasteiger partial charge >= 0.3 is 0 Å². The Morgan fingerprint density at radius 1 is 1.13 bits per heavy atom. The highest BCUT2D eigenvalue weighted by molar-refractivity contribution is 5.60. The number of aryl methyl sites for hydroxylation is 1. The molecule has 2 heterocycles. The molecule has 0 N–H and O–H groups in total. The second kappa shape index (κ2) is 4.30. The molecule has 2 rings (SSSR count). The van der Waals surface area contributed by atoms with Gasteiger partial charge in [-0.05, 0) is 37.6 Å². The Hall–Kier alpha value is -1.57. The molecule has 0 unspecified atom stereocenters. The summed E-state index contributed by atoms with van der Waals surface area (Å²) in [5.41, 5.74) is 3.85. The lowest BCUT2D eigenvalue weighted by atomic mass is 10.2. The van der Waals surface area contributed by atoms with E-state index in [4.69, 9.17) is 0 Å². The molecule has 0 aromatic carbocycles. The van der Waals surface area contributed by atoms with Crippen LogP contribution in [0.15, 0.2) is 36.7 Å². The molecule has 0 aliphatic heterocycles. The monoisotopic (exact) mass is 200 g/mol. The molecular formula is C13H16N2. The smallest absolute Gasteiger partial charge is 0.0483 e. The molecule has 0 saturated carbocycles. The van der Waals surface area contributed by atoms with Crippen LogP contribution < -0.4 is 0 Å². The number of aromatic nitrogens is 2. The fourth-order valence-electron chi connectivity index (χ4n) is 1.86. The van der Waals surface area contributed by atoms with E-state index in [9.17, 15) is 0 Å². The Labute approximate surface area is 90.6 Å². The van der Waals surface area contributed by atoms with Gasteiger partial charge in [0.15, 0.2) is 0 Å².